The highest BCUT2D eigenvalue weighted by Gasteiger charge is 2.17. The summed E-state index contributed by atoms with van der Waals surface area (Å²) in [5.74, 6) is 0. The van der Waals surface area contributed by atoms with Crippen LogP contribution in [0.15, 0.2) is 84.9 Å². The number of aryl methyl sites for hydroxylation is 1. The van der Waals surface area contributed by atoms with Crippen LogP contribution in [0.3, 0.4) is 0 Å². The van der Waals surface area contributed by atoms with Gasteiger partial charge in [0.1, 0.15) is 0 Å². The Balaban J connectivity index is 1.87. The van der Waals surface area contributed by atoms with Crippen LogP contribution in [0.2, 0.25) is 0 Å². The van der Waals surface area contributed by atoms with E-state index in [1.807, 2.05) is 11.3 Å². The van der Waals surface area contributed by atoms with Gasteiger partial charge in [0.25, 0.3) is 0 Å². The van der Waals surface area contributed by atoms with Crippen molar-refractivity contribution in [1.29, 1.82) is 0 Å². The number of aromatic nitrogens is 1. The summed E-state index contributed by atoms with van der Waals surface area (Å²) in [6, 6.07) is 30.4. The normalized spacial score (nSPS) is 11.8. The van der Waals surface area contributed by atoms with Gasteiger partial charge in [0.05, 0.1) is 15.9 Å². The van der Waals surface area contributed by atoms with Gasteiger partial charge in [-0.25, -0.2) is 4.98 Å². The topological polar surface area (TPSA) is 12.9 Å². The van der Waals surface area contributed by atoms with Gasteiger partial charge in [-0.15, -0.1) is 11.3 Å². The molecule has 6 rings (SSSR count). The smallest absolute Gasteiger partial charge is 0.0888 e. The molecule has 0 bridgehead atoms. The van der Waals surface area contributed by atoms with Crippen LogP contribution in [0.5, 0.6) is 0 Å². The lowest BCUT2D eigenvalue weighted by molar-refractivity contribution is 1.41. The van der Waals surface area contributed by atoms with Crippen LogP contribution < -0.4 is 0 Å². The molecule has 0 aliphatic rings. The second-order valence-electron chi connectivity index (χ2n) is 7.32. The molecule has 0 aliphatic heterocycles. The average Bonchev–Trinajstić information content (AvgIpc) is 3.13. The first-order valence-electron chi connectivity index (χ1n) is 9.49. The van der Waals surface area contributed by atoms with Gasteiger partial charge < -0.3 is 0 Å². The van der Waals surface area contributed by atoms with Gasteiger partial charge >= 0.3 is 0 Å². The minimum atomic E-state index is 1.05. The molecule has 4 aromatic carbocycles. The third-order valence-corrected chi connectivity index (χ3v) is 6.74. The van der Waals surface area contributed by atoms with Gasteiger partial charge in [0.15, 0.2) is 0 Å². The molecule has 0 atom stereocenters. The summed E-state index contributed by atoms with van der Waals surface area (Å²) >= 11 is 1.87. The summed E-state index contributed by atoms with van der Waals surface area (Å²) in [5.41, 5.74) is 4.58. The third-order valence-electron chi connectivity index (χ3n) is 5.49. The van der Waals surface area contributed by atoms with E-state index in [1.54, 1.807) is 0 Å². The molecule has 0 saturated carbocycles. The van der Waals surface area contributed by atoms with Crippen molar-refractivity contribution in [3.05, 3.63) is 90.5 Å². The average molecular weight is 375 g/mol. The van der Waals surface area contributed by atoms with Crippen LogP contribution in [0, 0.1) is 6.92 Å². The van der Waals surface area contributed by atoms with Gasteiger partial charge in [0.2, 0.25) is 0 Å². The van der Waals surface area contributed by atoms with E-state index < -0.39 is 0 Å². The van der Waals surface area contributed by atoms with Crippen molar-refractivity contribution in [1.82, 2.24) is 4.98 Å². The maximum absolute atomic E-state index is 5.10. The SMILES string of the molecule is Cc1cccc(-c2nc3ccccc3c3c2sc2c4ccccc4ccc23)c1. The molecule has 0 radical (unpaired) electrons. The molecular weight excluding hydrogens is 358 g/mol. The quantitative estimate of drug-likeness (QED) is 0.286. The zero-order chi connectivity index (χ0) is 18.7. The molecule has 0 fully saturated rings. The van der Waals surface area contributed by atoms with Gasteiger partial charge in [-0.1, -0.05) is 78.4 Å². The molecule has 28 heavy (non-hydrogen) atoms. The molecule has 0 unspecified atom stereocenters. The van der Waals surface area contributed by atoms with Crippen LogP contribution in [-0.4, -0.2) is 4.98 Å². The fourth-order valence-electron chi connectivity index (χ4n) is 4.20. The van der Waals surface area contributed by atoms with E-state index in [0.717, 1.165) is 11.2 Å². The zero-order valence-corrected chi connectivity index (χ0v) is 16.3. The molecular formula is C26H17NS. The van der Waals surface area contributed by atoms with Crippen molar-refractivity contribution in [2.75, 3.05) is 0 Å². The van der Waals surface area contributed by atoms with E-state index in [2.05, 4.69) is 91.9 Å². The molecule has 2 heteroatoms. The standard InChI is InChI=1S/C26H17NS/c1-16-7-6-9-18(15-16)24-26-23(20-11-4-5-12-22(20)27-24)21-14-13-17-8-2-3-10-19(17)25(21)28-26/h2-15H,1H3. The van der Waals surface area contributed by atoms with Crippen molar-refractivity contribution in [2.24, 2.45) is 0 Å². The highest BCUT2D eigenvalue weighted by atomic mass is 32.1. The van der Waals surface area contributed by atoms with E-state index in [0.29, 0.717) is 0 Å². The van der Waals surface area contributed by atoms with E-state index in [-0.39, 0.29) is 0 Å². The largest absolute Gasteiger partial charge is 0.246 e. The number of hydrogen-bond acceptors (Lipinski definition) is 2. The van der Waals surface area contributed by atoms with E-state index in [1.165, 1.54) is 47.5 Å². The Bertz CT molecular complexity index is 1520. The summed E-state index contributed by atoms with van der Waals surface area (Å²) in [4.78, 5) is 5.10. The minimum Gasteiger partial charge on any atom is -0.246 e. The number of hydrogen-bond donors (Lipinski definition) is 0. The summed E-state index contributed by atoms with van der Waals surface area (Å²) in [6.07, 6.45) is 0. The van der Waals surface area contributed by atoms with Crippen molar-refractivity contribution >= 4 is 53.2 Å². The third kappa shape index (κ3) is 2.22. The van der Waals surface area contributed by atoms with Crippen molar-refractivity contribution < 1.29 is 0 Å². The highest BCUT2D eigenvalue weighted by molar-refractivity contribution is 7.27. The van der Waals surface area contributed by atoms with Crippen molar-refractivity contribution in [3.63, 3.8) is 0 Å². The Morgan fingerprint density at radius 1 is 0.679 bits per heavy atom. The Morgan fingerprint density at radius 2 is 1.50 bits per heavy atom. The summed E-state index contributed by atoms with van der Waals surface area (Å²) in [5, 5.41) is 6.49. The number of pyridine rings is 1. The van der Waals surface area contributed by atoms with E-state index in [9.17, 15) is 0 Å². The first kappa shape index (κ1) is 15.8. The Labute approximate surface area is 166 Å². The zero-order valence-electron chi connectivity index (χ0n) is 15.4. The summed E-state index contributed by atoms with van der Waals surface area (Å²) < 4.78 is 2.62. The fourth-order valence-corrected chi connectivity index (χ4v) is 5.56. The summed E-state index contributed by atoms with van der Waals surface area (Å²) in [7, 11) is 0. The first-order chi connectivity index (χ1) is 13.8. The van der Waals surface area contributed by atoms with Crippen LogP contribution in [0.4, 0.5) is 0 Å². The second kappa shape index (κ2) is 5.88. The van der Waals surface area contributed by atoms with Crippen LogP contribution in [-0.2, 0) is 0 Å². The number of benzene rings is 4. The number of thiophene rings is 1. The van der Waals surface area contributed by atoms with Gasteiger partial charge in [-0.3, -0.25) is 0 Å². The van der Waals surface area contributed by atoms with E-state index in [4.69, 9.17) is 4.98 Å². The molecule has 2 aromatic heterocycles. The molecule has 0 aliphatic carbocycles. The number of fused-ring (bicyclic) bond motifs is 7. The molecule has 0 amide bonds. The Morgan fingerprint density at radius 3 is 2.39 bits per heavy atom. The predicted octanol–water partition coefficient (Wildman–Crippen LogP) is 7.73. The molecule has 0 spiro atoms. The molecule has 0 N–H and O–H groups in total. The van der Waals surface area contributed by atoms with Gasteiger partial charge in [-0.2, -0.15) is 0 Å². The number of para-hydroxylation sites is 1. The van der Waals surface area contributed by atoms with Crippen molar-refractivity contribution in [2.45, 2.75) is 6.92 Å². The lowest BCUT2D eigenvalue weighted by Crippen LogP contribution is -1.87. The van der Waals surface area contributed by atoms with Crippen molar-refractivity contribution in [3.8, 4) is 11.3 Å². The molecule has 132 valence electrons. The van der Waals surface area contributed by atoms with Crippen LogP contribution in [0.25, 0.3) is 53.1 Å². The van der Waals surface area contributed by atoms with E-state index >= 15 is 0 Å². The van der Waals surface area contributed by atoms with Crippen LogP contribution in [0.1, 0.15) is 5.56 Å². The van der Waals surface area contributed by atoms with Crippen LogP contribution >= 0.6 is 11.3 Å². The lowest BCUT2D eigenvalue weighted by Gasteiger charge is -2.07. The Kier molecular flexibility index (Phi) is 3.32. The number of nitrogens with zero attached hydrogens (tertiary/aromatic N) is 1. The minimum absolute atomic E-state index is 1.05. The fraction of sp³-hybridized carbons (Fsp3) is 0.0385. The predicted molar refractivity (Wildman–Crippen MR) is 122 cm³/mol. The molecule has 6 aromatic rings. The molecule has 2 heterocycles. The van der Waals surface area contributed by atoms with Gasteiger partial charge in [-0.05, 0) is 29.8 Å². The monoisotopic (exact) mass is 375 g/mol. The van der Waals surface area contributed by atoms with Gasteiger partial charge in [0, 0.05) is 26.4 Å². The maximum Gasteiger partial charge on any atom is 0.0888 e. The lowest BCUT2D eigenvalue weighted by atomic mass is 10.0. The molecule has 1 nitrogen and oxygen atoms in total. The highest BCUT2D eigenvalue weighted by Crippen LogP contribution is 2.44. The Hall–Kier alpha value is -3.23. The molecule has 0 saturated heterocycles. The second-order valence-corrected chi connectivity index (χ2v) is 8.34. The summed E-state index contributed by atoms with van der Waals surface area (Å²) in [6.45, 7) is 2.14. The number of rotatable bonds is 1. The maximum atomic E-state index is 5.10. The first-order valence-corrected chi connectivity index (χ1v) is 10.3.